The Kier molecular flexibility index (Phi) is 4.42. The zero-order valence-electron chi connectivity index (χ0n) is 17.4. The van der Waals surface area contributed by atoms with Gasteiger partial charge in [-0.05, 0) is 50.8 Å². The van der Waals surface area contributed by atoms with Gasteiger partial charge in [0.2, 0.25) is 0 Å². The van der Waals surface area contributed by atoms with Gasteiger partial charge < -0.3 is 14.6 Å². The summed E-state index contributed by atoms with van der Waals surface area (Å²) in [6.07, 6.45) is 2.66. The van der Waals surface area contributed by atoms with E-state index >= 15 is 0 Å². The monoisotopic (exact) mass is 400 g/mol. The topological polar surface area (TPSA) is 79.3 Å². The third-order valence-corrected chi connectivity index (χ3v) is 6.38. The van der Waals surface area contributed by atoms with E-state index in [2.05, 4.69) is 0 Å². The van der Waals surface area contributed by atoms with Crippen molar-refractivity contribution in [1.82, 2.24) is 4.90 Å². The number of aliphatic hydroxyl groups is 1. The van der Waals surface area contributed by atoms with Crippen LogP contribution in [0.5, 0.6) is 0 Å². The van der Waals surface area contributed by atoms with Gasteiger partial charge in [-0.3, -0.25) is 9.80 Å². The molecule has 1 aromatic rings. The van der Waals surface area contributed by atoms with E-state index in [1.807, 2.05) is 51.1 Å². The summed E-state index contributed by atoms with van der Waals surface area (Å²) >= 11 is 0. The fraction of sp³-hybridized carbons (Fsp3) is 0.545. The second-order valence-corrected chi connectivity index (χ2v) is 9.00. The highest BCUT2D eigenvalue weighted by molar-refractivity contribution is 5.95. The number of rotatable bonds is 1. The molecule has 0 radical (unpaired) electrons. The molecule has 156 valence electrons. The van der Waals surface area contributed by atoms with E-state index in [1.54, 1.807) is 9.80 Å². The van der Waals surface area contributed by atoms with Crippen molar-refractivity contribution in [3.63, 3.8) is 0 Å². The Labute approximate surface area is 170 Å². The maximum absolute atomic E-state index is 13.3. The van der Waals surface area contributed by atoms with Crippen LogP contribution in [0.4, 0.5) is 15.3 Å². The third kappa shape index (κ3) is 2.60. The number of hydrogen-bond acceptors (Lipinski definition) is 5. The Hall–Kier alpha value is -2.54. The number of anilines is 1. The quantitative estimate of drug-likeness (QED) is 0.729. The average molecular weight is 400 g/mol. The molecule has 1 aliphatic carbocycles. The minimum absolute atomic E-state index is 0.0370. The lowest BCUT2D eigenvalue weighted by Gasteiger charge is -2.50. The molecule has 0 unspecified atom stereocenters. The first kappa shape index (κ1) is 19.8. The highest BCUT2D eigenvalue weighted by Gasteiger charge is 2.71. The summed E-state index contributed by atoms with van der Waals surface area (Å²) in [7, 11) is 1.35. The van der Waals surface area contributed by atoms with Crippen LogP contribution in [0.3, 0.4) is 0 Å². The number of benzene rings is 1. The molecule has 3 aliphatic rings. The van der Waals surface area contributed by atoms with Gasteiger partial charge in [0, 0.05) is 18.4 Å². The largest absolute Gasteiger partial charge is 0.452 e. The lowest BCUT2D eigenvalue weighted by molar-refractivity contribution is -0.00133. The molecule has 2 heterocycles. The number of aliphatic hydroxyl groups excluding tert-OH is 1. The SMILES string of the molecule is COC(=O)N1c2ccccc2[C@]23CCN(C(=O)OC(C)(C)C)[C@]12CC=C(CO)C3. The molecule has 7 heteroatoms. The highest BCUT2D eigenvalue weighted by Crippen LogP contribution is 2.64. The summed E-state index contributed by atoms with van der Waals surface area (Å²) in [5, 5.41) is 9.84. The van der Waals surface area contributed by atoms with Crippen LogP contribution in [0.1, 0.15) is 45.6 Å². The molecular weight excluding hydrogens is 372 g/mol. The molecule has 0 saturated carbocycles. The second-order valence-electron chi connectivity index (χ2n) is 9.00. The fourth-order valence-electron chi connectivity index (χ4n) is 5.39. The molecular formula is C22H28N2O5. The number of amides is 2. The smallest absolute Gasteiger partial charge is 0.416 e. The number of para-hydroxylation sites is 1. The van der Waals surface area contributed by atoms with Gasteiger partial charge in [0.05, 0.1) is 19.4 Å². The van der Waals surface area contributed by atoms with E-state index in [1.165, 1.54) is 7.11 Å². The van der Waals surface area contributed by atoms with Gasteiger partial charge in [-0.2, -0.15) is 0 Å². The molecule has 0 spiro atoms. The number of nitrogens with zero attached hydrogens (tertiary/aromatic N) is 2. The summed E-state index contributed by atoms with van der Waals surface area (Å²) in [6, 6.07) is 7.75. The van der Waals surface area contributed by atoms with Gasteiger partial charge in [-0.1, -0.05) is 24.3 Å². The Morgan fingerprint density at radius 2 is 1.93 bits per heavy atom. The van der Waals surface area contributed by atoms with Crippen molar-refractivity contribution in [1.29, 1.82) is 0 Å². The fourth-order valence-corrected chi connectivity index (χ4v) is 5.39. The predicted molar refractivity (Wildman–Crippen MR) is 108 cm³/mol. The molecule has 2 amide bonds. The Bertz CT molecular complexity index is 889. The molecule has 2 atom stereocenters. The summed E-state index contributed by atoms with van der Waals surface area (Å²) in [6.45, 7) is 5.92. The highest BCUT2D eigenvalue weighted by atomic mass is 16.6. The van der Waals surface area contributed by atoms with E-state index in [-0.39, 0.29) is 6.61 Å². The van der Waals surface area contributed by atoms with E-state index in [4.69, 9.17) is 9.47 Å². The van der Waals surface area contributed by atoms with Crippen molar-refractivity contribution in [3.05, 3.63) is 41.5 Å². The van der Waals surface area contributed by atoms with Gasteiger partial charge in [0.15, 0.2) is 0 Å². The standard InChI is InChI=1S/C22H28N2O5/c1-20(2,3)29-18(26)23-12-11-21-13-15(14-25)9-10-22(21,23)24(19(27)28-4)17-8-6-5-7-16(17)21/h5-9,25H,10-14H2,1-4H3/t21-,22-/m1/s1. The Balaban J connectivity index is 1.93. The van der Waals surface area contributed by atoms with Crippen LogP contribution in [0.2, 0.25) is 0 Å². The first-order valence-electron chi connectivity index (χ1n) is 9.97. The van der Waals surface area contributed by atoms with Crippen LogP contribution in [-0.2, 0) is 14.9 Å². The average Bonchev–Trinajstić information content (AvgIpc) is 3.14. The number of carbonyl (C=O) groups is 2. The summed E-state index contributed by atoms with van der Waals surface area (Å²) < 4.78 is 10.9. The van der Waals surface area contributed by atoms with Gasteiger partial charge >= 0.3 is 12.2 Å². The minimum atomic E-state index is -0.954. The van der Waals surface area contributed by atoms with Crippen LogP contribution >= 0.6 is 0 Å². The number of likely N-dealkylation sites (tertiary alicyclic amines) is 1. The molecule has 1 saturated heterocycles. The van der Waals surface area contributed by atoms with Crippen LogP contribution in [0.15, 0.2) is 35.9 Å². The van der Waals surface area contributed by atoms with Crippen molar-refractivity contribution in [3.8, 4) is 0 Å². The van der Waals surface area contributed by atoms with Crippen LogP contribution < -0.4 is 4.90 Å². The maximum Gasteiger partial charge on any atom is 0.416 e. The molecule has 4 rings (SSSR count). The molecule has 7 nitrogen and oxygen atoms in total. The predicted octanol–water partition coefficient (Wildman–Crippen LogP) is 3.56. The summed E-state index contributed by atoms with van der Waals surface area (Å²) in [5.41, 5.74) is 0.567. The molecule has 0 bridgehead atoms. The molecule has 0 aromatic heterocycles. The number of methoxy groups -OCH3 is 1. The number of fused-ring (bicyclic) bond motifs is 1. The normalized spacial score (nSPS) is 27.7. The van der Waals surface area contributed by atoms with Crippen molar-refractivity contribution >= 4 is 17.9 Å². The van der Waals surface area contributed by atoms with Crippen LogP contribution in [0, 0.1) is 0 Å². The molecule has 2 aliphatic heterocycles. The Morgan fingerprint density at radius 1 is 1.21 bits per heavy atom. The number of ether oxygens (including phenoxy) is 2. The van der Waals surface area contributed by atoms with Crippen molar-refractivity contribution < 1.29 is 24.2 Å². The van der Waals surface area contributed by atoms with Crippen LogP contribution in [0.25, 0.3) is 0 Å². The number of hydrogen-bond donors (Lipinski definition) is 1. The van der Waals surface area contributed by atoms with E-state index in [0.717, 1.165) is 16.8 Å². The van der Waals surface area contributed by atoms with E-state index in [9.17, 15) is 14.7 Å². The second kappa shape index (κ2) is 6.49. The zero-order chi connectivity index (χ0) is 21.0. The van der Waals surface area contributed by atoms with Crippen LogP contribution in [-0.4, -0.2) is 53.7 Å². The summed E-state index contributed by atoms with van der Waals surface area (Å²) in [4.78, 5) is 29.6. The maximum atomic E-state index is 13.3. The summed E-state index contributed by atoms with van der Waals surface area (Å²) in [5.74, 6) is 0. The van der Waals surface area contributed by atoms with Gasteiger partial charge in [0.1, 0.15) is 11.3 Å². The first-order valence-corrected chi connectivity index (χ1v) is 9.97. The number of carbonyl (C=O) groups excluding carboxylic acids is 2. The van der Waals surface area contributed by atoms with Gasteiger partial charge in [-0.15, -0.1) is 0 Å². The lowest BCUT2D eigenvalue weighted by Crippen LogP contribution is -2.67. The van der Waals surface area contributed by atoms with Crippen molar-refractivity contribution in [2.45, 2.75) is 56.7 Å². The lowest BCUT2D eigenvalue weighted by atomic mass is 9.64. The molecule has 29 heavy (non-hydrogen) atoms. The van der Waals surface area contributed by atoms with Gasteiger partial charge in [0.25, 0.3) is 0 Å². The molecule has 1 aromatic carbocycles. The third-order valence-electron chi connectivity index (χ3n) is 6.38. The van der Waals surface area contributed by atoms with E-state index in [0.29, 0.717) is 25.8 Å². The minimum Gasteiger partial charge on any atom is -0.452 e. The molecule has 1 fully saturated rings. The van der Waals surface area contributed by atoms with Crippen molar-refractivity contribution in [2.24, 2.45) is 0 Å². The van der Waals surface area contributed by atoms with Crippen molar-refractivity contribution in [2.75, 3.05) is 25.2 Å². The van der Waals surface area contributed by atoms with Gasteiger partial charge in [-0.25, -0.2) is 9.59 Å². The first-order chi connectivity index (χ1) is 13.7. The van der Waals surface area contributed by atoms with E-state index < -0.39 is 28.9 Å². The molecule has 1 N–H and O–H groups in total. The Morgan fingerprint density at radius 3 is 2.59 bits per heavy atom. The zero-order valence-corrected chi connectivity index (χ0v) is 17.4.